The smallest absolute Gasteiger partial charge is 0.203 e. The van der Waals surface area contributed by atoms with Crippen molar-refractivity contribution in [3.8, 4) is 17.1 Å². The maximum absolute atomic E-state index is 4.68. The van der Waals surface area contributed by atoms with E-state index in [0.29, 0.717) is 0 Å². The number of hydrogen-bond acceptors (Lipinski definition) is 1. The fraction of sp³-hybridized carbons (Fsp3) is 0. The Morgan fingerprint density at radius 3 is 2.17 bits per heavy atom. The number of nitrogens with zero attached hydrogens (tertiary/aromatic N) is 2. The van der Waals surface area contributed by atoms with Crippen LogP contribution >= 0.6 is 0 Å². The van der Waals surface area contributed by atoms with E-state index in [0.717, 1.165) is 17.1 Å². The summed E-state index contributed by atoms with van der Waals surface area (Å²) in [6.07, 6.45) is 3.99. The molecule has 0 aliphatic rings. The van der Waals surface area contributed by atoms with Crippen molar-refractivity contribution in [2.75, 3.05) is 0 Å². The highest BCUT2D eigenvalue weighted by Crippen LogP contribution is 2.16. The molecule has 18 heavy (non-hydrogen) atoms. The van der Waals surface area contributed by atoms with Crippen molar-refractivity contribution < 1.29 is 4.57 Å². The van der Waals surface area contributed by atoms with Crippen LogP contribution in [0.3, 0.4) is 0 Å². The molecule has 0 amide bonds. The molecule has 86 valence electrons. The summed E-state index contributed by atoms with van der Waals surface area (Å²) in [7, 11) is 0. The summed E-state index contributed by atoms with van der Waals surface area (Å²) >= 11 is 0. The average Bonchev–Trinajstić information content (AvgIpc) is 2.49. The van der Waals surface area contributed by atoms with Gasteiger partial charge in [0.1, 0.15) is 0 Å². The Bertz CT molecular complexity index is 579. The predicted octanol–water partition coefficient (Wildman–Crippen LogP) is 3.03. The van der Waals surface area contributed by atoms with Gasteiger partial charge in [-0.25, -0.2) is 4.57 Å². The lowest BCUT2D eigenvalue weighted by molar-refractivity contribution is -0.599. The lowest BCUT2D eigenvalue weighted by Gasteiger charge is -1.98. The highest BCUT2D eigenvalue weighted by Gasteiger charge is 2.10. The van der Waals surface area contributed by atoms with Gasteiger partial charge in [0.2, 0.25) is 0 Å². The Morgan fingerprint density at radius 1 is 0.667 bits per heavy atom. The second kappa shape index (κ2) is 4.80. The van der Waals surface area contributed by atoms with Gasteiger partial charge >= 0.3 is 5.82 Å². The number of aromatic nitrogens is 2. The Morgan fingerprint density at radius 2 is 1.39 bits per heavy atom. The van der Waals surface area contributed by atoms with Gasteiger partial charge in [0, 0.05) is 11.6 Å². The van der Waals surface area contributed by atoms with Crippen molar-refractivity contribution in [3.63, 3.8) is 0 Å². The molecule has 0 spiro atoms. The largest absolute Gasteiger partial charge is 0.328 e. The van der Waals surface area contributed by atoms with Crippen LogP contribution < -0.4 is 4.57 Å². The van der Waals surface area contributed by atoms with Crippen LogP contribution in [0.2, 0.25) is 0 Å². The third-order valence-electron chi connectivity index (χ3n) is 2.78. The van der Waals surface area contributed by atoms with Gasteiger partial charge < -0.3 is 0 Å². The first-order chi connectivity index (χ1) is 8.93. The topological polar surface area (TPSA) is 16.8 Å². The van der Waals surface area contributed by atoms with Crippen molar-refractivity contribution in [3.05, 3.63) is 79.1 Å². The van der Waals surface area contributed by atoms with E-state index in [1.54, 1.807) is 0 Å². The Kier molecular flexibility index (Phi) is 2.84. The van der Waals surface area contributed by atoms with Crippen molar-refractivity contribution in [2.45, 2.75) is 0 Å². The lowest BCUT2D eigenvalue weighted by atomic mass is 10.1. The molecule has 3 rings (SSSR count). The SMILES string of the molecule is c1ccc(-c2cccc(-[n+]3ccccc3)n2)cc1. The van der Waals surface area contributed by atoms with Crippen LogP contribution in [0.1, 0.15) is 0 Å². The van der Waals surface area contributed by atoms with Crippen LogP contribution in [0.25, 0.3) is 17.1 Å². The van der Waals surface area contributed by atoms with Crippen LogP contribution in [0.4, 0.5) is 0 Å². The Hall–Kier alpha value is -2.48. The standard InChI is InChI=1S/C16H13N2/c1-3-8-14(9-4-1)15-10-7-11-16(17-15)18-12-5-2-6-13-18/h1-13H/q+1. The quantitative estimate of drug-likeness (QED) is 0.622. The van der Waals surface area contributed by atoms with Gasteiger partial charge in [0.05, 0.1) is 12.4 Å². The summed E-state index contributed by atoms with van der Waals surface area (Å²) in [5.41, 5.74) is 2.13. The first-order valence-corrected chi connectivity index (χ1v) is 5.93. The van der Waals surface area contributed by atoms with Crippen LogP contribution in [0.5, 0.6) is 0 Å². The molecule has 0 radical (unpaired) electrons. The van der Waals surface area contributed by atoms with Gasteiger partial charge in [0.15, 0.2) is 5.69 Å². The summed E-state index contributed by atoms with van der Waals surface area (Å²) in [6.45, 7) is 0. The second-order valence-corrected chi connectivity index (χ2v) is 4.03. The molecule has 2 heterocycles. The van der Waals surface area contributed by atoms with E-state index in [2.05, 4.69) is 17.1 Å². The maximum atomic E-state index is 4.68. The van der Waals surface area contributed by atoms with Crippen LogP contribution in [-0.2, 0) is 0 Å². The predicted molar refractivity (Wildman–Crippen MR) is 71.2 cm³/mol. The number of benzene rings is 1. The molecule has 0 aliphatic heterocycles. The molecule has 2 nitrogen and oxygen atoms in total. The van der Waals surface area contributed by atoms with Gasteiger partial charge in [0.25, 0.3) is 0 Å². The zero-order valence-corrected chi connectivity index (χ0v) is 9.90. The fourth-order valence-corrected chi connectivity index (χ4v) is 1.89. The number of hydrogen-bond donors (Lipinski definition) is 0. The van der Waals surface area contributed by atoms with E-state index in [1.165, 1.54) is 0 Å². The van der Waals surface area contributed by atoms with Crippen molar-refractivity contribution in [1.82, 2.24) is 4.98 Å². The summed E-state index contributed by atoms with van der Waals surface area (Å²) < 4.78 is 2.01. The van der Waals surface area contributed by atoms with Crippen LogP contribution in [0.15, 0.2) is 79.1 Å². The zero-order valence-electron chi connectivity index (χ0n) is 9.90. The van der Waals surface area contributed by atoms with E-state index < -0.39 is 0 Å². The van der Waals surface area contributed by atoms with E-state index in [4.69, 9.17) is 0 Å². The molecule has 0 N–H and O–H groups in total. The van der Waals surface area contributed by atoms with Crippen molar-refractivity contribution in [1.29, 1.82) is 0 Å². The Labute approximate surface area is 106 Å². The molecule has 3 aromatic rings. The summed E-state index contributed by atoms with van der Waals surface area (Å²) in [6, 6.07) is 22.3. The summed E-state index contributed by atoms with van der Waals surface area (Å²) in [4.78, 5) is 4.68. The Balaban J connectivity index is 2.05. The fourth-order valence-electron chi connectivity index (χ4n) is 1.89. The molecule has 2 heteroatoms. The monoisotopic (exact) mass is 233 g/mol. The normalized spacial score (nSPS) is 10.2. The first kappa shape index (κ1) is 10.7. The average molecular weight is 233 g/mol. The summed E-state index contributed by atoms with van der Waals surface area (Å²) in [5.74, 6) is 0.928. The molecule has 1 aromatic carbocycles. The zero-order chi connectivity index (χ0) is 12.2. The molecule has 0 bridgehead atoms. The van der Waals surface area contributed by atoms with Gasteiger partial charge in [-0.2, -0.15) is 0 Å². The van der Waals surface area contributed by atoms with Crippen LogP contribution in [0, 0.1) is 0 Å². The number of pyridine rings is 2. The molecular weight excluding hydrogens is 220 g/mol. The van der Waals surface area contributed by atoms with Gasteiger partial charge in [-0.1, -0.05) is 36.4 Å². The lowest BCUT2D eigenvalue weighted by Crippen LogP contribution is -2.30. The van der Waals surface area contributed by atoms with E-state index in [-0.39, 0.29) is 0 Å². The van der Waals surface area contributed by atoms with E-state index in [9.17, 15) is 0 Å². The minimum Gasteiger partial charge on any atom is -0.203 e. The minimum atomic E-state index is 0.928. The van der Waals surface area contributed by atoms with Crippen molar-refractivity contribution >= 4 is 0 Å². The molecule has 0 saturated heterocycles. The minimum absolute atomic E-state index is 0.928. The van der Waals surface area contributed by atoms with Gasteiger partial charge in [-0.15, -0.1) is 0 Å². The molecule has 0 aliphatic carbocycles. The molecule has 0 atom stereocenters. The molecular formula is C16H13N2+. The molecule has 0 saturated carbocycles. The molecule has 0 unspecified atom stereocenters. The number of rotatable bonds is 2. The maximum Gasteiger partial charge on any atom is 0.328 e. The molecule has 0 fully saturated rings. The third-order valence-corrected chi connectivity index (χ3v) is 2.78. The van der Waals surface area contributed by atoms with Crippen LogP contribution in [-0.4, -0.2) is 4.98 Å². The van der Waals surface area contributed by atoms with Crippen molar-refractivity contribution in [2.24, 2.45) is 0 Å². The molecule has 2 aromatic heterocycles. The van der Waals surface area contributed by atoms with E-state index in [1.807, 2.05) is 71.6 Å². The second-order valence-electron chi connectivity index (χ2n) is 4.03. The third kappa shape index (κ3) is 2.13. The first-order valence-electron chi connectivity index (χ1n) is 5.93. The highest BCUT2D eigenvalue weighted by atomic mass is 15.0. The van der Waals surface area contributed by atoms with Gasteiger partial charge in [-0.3, -0.25) is 0 Å². The highest BCUT2D eigenvalue weighted by molar-refractivity contribution is 5.59. The van der Waals surface area contributed by atoms with Gasteiger partial charge in [-0.05, 0) is 29.2 Å². The summed E-state index contributed by atoms with van der Waals surface area (Å²) in [5, 5.41) is 0. The van der Waals surface area contributed by atoms with E-state index >= 15 is 0 Å².